The zero-order valence-corrected chi connectivity index (χ0v) is 11.5. The van der Waals surface area contributed by atoms with E-state index >= 15 is 0 Å². The quantitative estimate of drug-likeness (QED) is 0.853. The van der Waals surface area contributed by atoms with E-state index in [1.165, 1.54) is 0 Å². The van der Waals surface area contributed by atoms with Gasteiger partial charge in [-0.2, -0.15) is 5.10 Å². The van der Waals surface area contributed by atoms with E-state index in [0.29, 0.717) is 6.54 Å². The van der Waals surface area contributed by atoms with Gasteiger partial charge >= 0.3 is 0 Å². The normalized spacial score (nSPS) is 23.2. The van der Waals surface area contributed by atoms with Gasteiger partial charge in [0.15, 0.2) is 0 Å². The molecule has 0 spiro atoms. The van der Waals surface area contributed by atoms with Gasteiger partial charge in [0.1, 0.15) is 0 Å². The molecule has 2 heterocycles. The molecule has 1 unspecified atom stereocenters. The van der Waals surface area contributed by atoms with Gasteiger partial charge in [0.25, 0.3) is 0 Å². The monoisotopic (exact) mass is 272 g/mol. The molecule has 0 radical (unpaired) electrons. The second-order valence-corrected chi connectivity index (χ2v) is 4.87. The second kappa shape index (κ2) is 6.75. The Morgan fingerprint density at radius 3 is 3.06 bits per heavy atom. The zero-order chi connectivity index (χ0) is 12.1. The lowest BCUT2D eigenvalue weighted by atomic mass is 9.82. The summed E-state index contributed by atoms with van der Waals surface area (Å²) in [7, 11) is 0. The predicted octanol–water partition coefficient (Wildman–Crippen LogP) is 0.811. The number of aromatic nitrogens is 2. The average molecular weight is 273 g/mol. The summed E-state index contributed by atoms with van der Waals surface area (Å²) in [5, 5.41) is 10.4. The topological polar surface area (TPSA) is 59.0 Å². The highest BCUT2D eigenvalue weighted by Gasteiger charge is 2.34. The van der Waals surface area contributed by atoms with Gasteiger partial charge in [0.2, 0.25) is 5.91 Å². The summed E-state index contributed by atoms with van der Waals surface area (Å²) in [6.07, 6.45) is 5.68. The lowest BCUT2D eigenvalue weighted by molar-refractivity contribution is -0.131. The van der Waals surface area contributed by atoms with Crippen LogP contribution in [0.3, 0.4) is 0 Å². The maximum atomic E-state index is 12.1. The van der Waals surface area contributed by atoms with Crippen molar-refractivity contribution in [3.05, 3.63) is 18.5 Å². The molecule has 1 fully saturated rings. The van der Waals surface area contributed by atoms with E-state index in [1.807, 2.05) is 23.9 Å². The molecule has 1 amide bonds. The van der Waals surface area contributed by atoms with E-state index in [9.17, 15) is 4.79 Å². The Labute approximate surface area is 114 Å². The van der Waals surface area contributed by atoms with Crippen LogP contribution in [0.1, 0.15) is 19.8 Å². The van der Waals surface area contributed by atoms with Gasteiger partial charge in [-0.3, -0.25) is 9.48 Å². The van der Waals surface area contributed by atoms with Gasteiger partial charge in [-0.25, -0.2) is 0 Å². The second-order valence-electron chi connectivity index (χ2n) is 4.87. The number of hydrogen-bond acceptors (Lipinski definition) is 3. The number of nitrogens with zero attached hydrogens (tertiary/aromatic N) is 2. The van der Waals surface area contributed by atoms with Crippen LogP contribution in [-0.2, 0) is 11.3 Å². The van der Waals surface area contributed by atoms with Gasteiger partial charge in [-0.15, -0.1) is 12.4 Å². The van der Waals surface area contributed by atoms with Crippen molar-refractivity contribution in [2.24, 2.45) is 5.41 Å². The Hall–Kier alpha value is -1.07. The fourth-order valence-corrected chi connectivity index (χ4v) is 2.18. The number of carbonyl (C=O) groups is 1. The molecule has 2 rings (SSSR count). The van der Waals surface area contributed by atoms with Gasteiger partial charge in [-0.05, 0) is 32.4 Å². The molecule has 18 heavy (non-hydrogen) atoms. The smallest absolute Gasteiger partial charge is 0.227 e. The van der Waals surface area contributed by atoms with Crippen molar-refractivity contribution in [1.82, 2.24) is 20.4 Å². The standard InChI is InChI=1S/C12H20N4O.ClH/c1-12(4-2-5-13-10-12)11(17)14-7-9-16-8-3-6-15-16;/h3,6,8,13H,2,4-5,7,9-10H2,1H3,(H,14,17);1H. The number of carbonyl (C=O) groups excluding carboxylic acids is 1. The summed E-state index contributed by atoms with van der Waals surface area (Å²) >= 11 is 0. The minimum atomic E-state index is -0.248. The van der Waals surface area contributed by atoms with Crippen LogP contribution in [0, 0.1) is 5.41 Å². The van der Waals surface area contributed by atoms with Crippen molar-refractivity contribution in [2.75, 3.05) is 19.6 Å². The van der Waals surface area contributed by atoms with Crippen LogP contribution in [0.2, 0.25) is 0 Å². The molecule has 0 aromatic carbocycles. The Bertz CT molecular complexity index is 360. The van der Waals surface area contributed by atoms with Crippen molar-refractivity contribution in [3.63, 3.8) is 0 Å². The van der Waals surface area contributed by atoms with E-state index in [2.05, 4.69) is 15.7 Å². The first-order valence-electron chi connectivity index (χ1n) is 6.17. The van der Waals surface area contributed by atoms with Crippen molar-refractivity contribution < 1.29 is 4.79 Å². The molecule has 1 aliphatic rings. The molecule has 2 N–H and O–H groups in total. The highest BCUT2D eigenvalue weighted by atomic mass is 35.5. The Morgan fingerprint density at radius 2 is 2.44 bits per heavy atom. The first-order chi connectivity index (χ1) is 8.21. The van der Waals surface area contributed by atoms with Crippen LogP contribution in [0.25, 0.3) is 0 Å². The summed E-state index contributed by atoms with van der Waals surface area (Å²) in [6.45, 7) is 5.19. The summed E-state index contributed by atoms with van der Waals surface area (Å²) in [5.41, 5.74) is -0.248. The highest BCUT2D eigenvalue weighted by molar-refractivity contribution is 5.85. The lowest BCUT2D eigenvalue weighted by Gasteiger charge is -2.32. The third-order valence-corrected chi connectivity index (χ3v) is 3.33. The van der Waals surface area contributed by atoms with Gasteiger partial charge in [0, 0.05) is 25.5 Å². The van der Waals surface area contributed by atoms with Crippen molar-refractivity contribution in [1.29, 1.82) is 0 Å². The molecule has 5 nitrogen and oxygen atoms in total. The van der Waals surface area contributed by atoms with Crippen molar-refractivity contribution in [2.45, 2.75) is 26.3 Å². The Balaban J connectivity index is 0.00000162. The summed E-state index contributed by atoms with van der Waals surface area (Å²) in [4.78, 5) is 12.1. The molecular weight excluding hydrogens is 252 g/mol. The summed E-state index contributed by atoms with van der Waals surface area (Å²) < 4.78 is 1.82. The Morgan fingerprint density at radius 1 is 1.61 bits per heavy atom. The van der Waals surface area contributed by atoms with Gasteiger partial charge in [0.05, 0.1) is 12.0 Å². The minimum absolute atomic E-state index is 0. The van der Waals surface area contributed by atoms with E-state index < -0.39 is 0 Å². The average Bonchev–Trinajstić information content (AvgIpc) is 2.83. The number of rotatable bonds is 4. The van der Waals surface area contributed by atoms with Crippen molar-refractivity contribution in [3.8, 4) is 0 Å². The fraction of sp³-hybridized carbons (Fsp3) is 0.667. The third kappa shape index (κ3) is 3.71. The van der Waals surface area contributed by atoms with Crippen LogP contribution in [0.15, 0.2) is 18.5 Å². The molecule has 0 aliphatic carbocycles. The largest absolute Gasteiger partial charge is 0.354 e. The van der Waals surface area contributed by atoms with Crippen LogP contribution >= 0.6 is 12.4 Å². The molecule has 102 valence electrons. The lowest BCUT2D eigenvalue weighted by Crippen LogP contribution is -2.49. The van der Waals surface area contributed by atoms with Gasteiger partial charge < -0.3 is 10.6 Å². The first-order valence-corrected chi connectivity index (χ1v) is 6.17. The molecule has 1 saturated heterocycles. The molecule has 0 saturated carbocycles. The number of hydrogen-bond donors (Lipinski definition) is 2. The summed E-state index contributed by atoms with van der Waals surface area (Å²) in [5.74, 6) is 0.150. The zero-order valence-electron chi connectivity index (χ0n) is 10.7. The van der Waals surface area contributed by atoms with E-state index in [0.717, 1.165) is 32.5 Å². The minimum Gasteiger partial charge on any atom is -0.354 e. The SMILES string of the molecule is CC1(C(=O)NCCn2cccn2)CCCNC1.Cl. The maximum absolute atomic E-state index is 12.1. The molecular formula is C12H21ClN4O. The molecule has 1 aliphatic heterocycles. The van der Waals surface area contributed by atoms with E-state index in [4.69, 9.17) is 0 Å². The van der Waals surface area contributed by atoms with Crippen LogP contribution in [0.4, 0.5) is 0 Å². The van der Waals surface area contributed by atoms with Crippen LogP contribution in [0.5, 0.6) is 0 Å². The molecule has 1 aromatic heterocycles. The number of piperidine rings is 1. The van der Waals surface area contributed by atoms with E-state index in [-0.39, 0.29) is 23.7 Å². The first kappa shape index (κ1) is 15.0. The van der Waals surface area contributed by atoms with Crippen LogP contribution < -0.4 is 10.6 Å². The van der Waals surface area contributed by atoms with Crippen molar-refractivity contribution >= 4 is 18.3 Å². The van der Waals surface area contributed by atoms with Crippen LogP contribution in [-0.4, -0.2) is 35.3 Å². The number of halogens is 1. The molecule has 1 aromatic rings. The summed E-state index contributed by atoms with van der Waals surface area (Å²) in [6, 6.07) is 1.88. The maximum Gasteiger partial charge on any atom is 0.227 e. The highest BCUT2D eigenvalue weighted by Crippen LogP contribution is 2.25. The fourth-order valence-electron chi connectivity index (χ4n) is 2.18. The third-order valence-electron chi connectivity index (χ3n) is 3.33. The predicted molar refractivity (Wildman–Crippen MR) is 72.7 cm³/mol. The number of nitrogens with one attached hydrogen (secondary N) is 2. The molecule has 1 atom stereocenters. The van der Waals surface area contributed by atoms with Gasteiger partial charge in [-0.1, -0.05) is 0 Å². The van der Waals surface area contributed by atoms with E-state index in [1.54, 1.807) is 6.20 Å². The number of amides is 1. The molecule has 6 heteroatoms. The molecule has 0 bridgehead atoms. The Kier molecular flexibility index (Phi) is 5.62.